The summed E-state index contributed by atoms with van der Waals surface area (Å²) in [7, 11) is 0. The van der Waals surface area contributed by atoms with Crippen LogP contribution >= 0.6 is 0 Å². The summed E-state index contributed by atoms with van der Waals surface area (Å²) >= 11 is 0. The molecule has 3 aromatic carbocycles. The van der Waals surface area contributed by atoms with Crippen molar-refractivity contribution in [3.05, 3.63) is 83.4 Å². The lowest BCUT2D eigenvalue weighted by molar-refractivity contribution is 1.02. The van der Waals surface area contributed by atoms with Crippen LogP contribution in [0.25, 0.3) is 10.8 Å². The number of rotatable bonds is 3. The van der Waals surface area contributed by atoms with Gasteiger partial charge < -0.3 is 5.73 Å². The minimum atomic E-state index is 0.601. The van der Waals surface area contributed by atoms with Crippen molar-refractivity contribution in [1.29, 1.82) is 0 Å². The van der Waals surface area contributed by atoms with Crippen molar-refractivity contribution in [3.8, 4) is 0 Å². The number of hydrogen-bond acceptors (Lipinski definition) is 1. The second kappa shape index (κ2) is 5.25. The fourth-order valence-electron chi connectivity index (χ4n) is 2.50. The van der Waals surface area contributed by atoms with Gasteiger partial charge >= 0.3 is 0 Å². The van der Waals surface area contributed by atoms with Crippen LogP contribution in [0.1, 0.15) is 16.7 Å². The molecule has 0 spiro atoms. The first-order valence-electron chi connectivity index (χ1n) is 6.61. The highest BCUT2D eigenvalue weighted by Gasteiger charge is 2.02. The largest absolute Gasteiger partial charge is 0.326 e. The smallest absolute Gasteiger partial charge is 0.0180 e. The second-order valence-electron chi connectivity index (χ2n) is 4.83. The zero-order valence-electron chi connectivity index (χ0n) is 10.8. The molecule has 0 saturated carbocycles. The van der Waals surface area contributed by atoms with Crippen LogP contribution in [-0.2, 0) is 13.0 Å². The minimum absolute atomic E-state index is 0.601. The van der Waals surface area contributed by atoms with Crippen LogP contribution in [0.2, 0.25) is 0 Å². The van der Waals surface area contributed by atoms with Gasteiger partial charge in [-0.25, -0.2) is 0 Å². The fourth-order valence-corrected chi connectivity index (χ4v) is 2.50. The summed E-state index contributed by atoms with van der Waals surface area (Å²) in [5, 5.41) is 2.59. The first-order valence-corrected chi connectivity index (χ1v) is 6.61. The molecule has 0 saturated heterocycles. The van der Waals surface area contributed by atoms with E-state index >= 15 is 0 Å². The summed E-state index contributed by atoms with van der Waals surface area (Å²) in [6, 6.07) is 23.5. The highest BCUT2D eigenvalue weighted by Crippen LogP contribution is 2.19. The Hall–Kier alpha value is -2.12. The highest BCUT2D eigenvalue weighted by atomic mass is 14.5. The lowest BCUT2D eigenvalue weighted by Crippen LogP contribution is -2.01. The second-order valence-corrected chi connectivity index (χ2v) is 4.83. The SMILES string of the molecule is NCc1ccccc1Cc1ccc2ccccc2c1. The van der Waals surface area contributed by atoms with Gasteiger partial charge in [-0.1, -0.05) is 66.7 Å². The Balaban J connectivity index is 1.96. The summed E-state index contributed by atoms with van der Waals surface area (Å²) < 4.78 is 0. The summed E-state index contributed by atoms with van der Waals surface area (Å²) in [4.78, 5) is 0. The molecule has 0 bridgehead atoms. The van der Waals surface area contributed by atoms with Crippen LogP contribution in [0.15, 0.2) is 66.7 Å². The first-order chi connectivity index (χ1) is 9.36. The quantitative estimate of drug-likeness (QED) is 0.746. The van der Waals surface area contributed by atoms with Crippen molar-refractivity contribution < 1.29 is 0 Å². The number of benzene rings is 3. The molecular formula is C18H17N. The molecule has 0 heterocycles. The molecule has 19 heavy (non-hydrogen) atoms. The van der Waals surface area contributed by atoms with Crippen LogP contribution in [0.3, 0.4) is 0 Å². The molecule has 0 aliphatic carbocycles. The van der Waals surface area contributed by atoms with Crippen molar-refractivity contribution in [2.45, 2.75) is 13.0 Å². The molecule has 0 unspecified atom stereocenters. The van der Waals surface area contributed by atoms with Crippen molar-refractivity contribution in [2.24, 2.45) is 5.73 Å². The fraction of sp³-hybridized carbons (Fsp3) is 0.111. The molecule has 0 aliphatic heterocycles. The van der Waals surface area contributed by atoms with E-state index in [0.29, 0.717) is 6.54 Å². The maximum atomic E-state index is 5.79. The van der Waals surface area contributed by atoms with Gasteiger partial charge in [0, 0.05) is 6.54 Å². The maximum absolute atomic E-state index is 5.79. The Bertz CT molecular complexity index is 701. The van der Waals surface area contributed by atoms with E-state index in [0.717, 1.165) is 6.42 Å². The van der Waals surface area contributed by atoms with Crippen molar-refractivity contribution in [2.75, 3.05) is 0 Å². The molecule has 0 aliphatic rings. The summed E-state index contributed by atoms with van der Waals surface area (Å²) in [6.07, 6.45) is 0.943. The third-order valence-corrected chi connectivity index (χ3v) is 3.55. The Labute approximate surface area is 113 Å². The van der Waals surface area contributed by atoms with Crippen LogP contribution < -0.4 is 5.73 Å². The zero-order chi connectivity index (χ0) is 13.1. The van der Waals surface area contributed by atoms with Gasteiger partial charge in [0.15, 0.2) is 0 Å². The van der Waals surface area contributed by atoms with Crippen LogP contribution in [0.5, 0.6) is 0 Å². The topological polar surface area (TPSA) is 26.0 Å². The molecule has 0 amide bonds. The monoisotopic (exact) mass is 247 g/mol. The lowest BCUT2D eigenvalue weighted by Gasteiger charge is -2.08. The van der Waals surface area contributed by atoms with Crippen LogP contribution in [-0.4, -0.2) is 0 Å². The van der Waals surface area contributed by atoms with E-state index in [4.69, 9.17) is 5.73 Å². The van der Waals surface area contributed by atoms with Crippen LogP contribution in [0.4, 0.5) is 0 Å². The third-order valence-electron chi connectivity index (χ3n) is 3.55. The molecule has 94 valence electrons. The molecule has 0 aromatic heterocycles. The predicted molar refractivity (Wildman–Crippen MR) is 81.1 cm³/mol. The van der Waals surface area contributed by atoms with E-state index in [1.165, 1.54) is 27.5 Å². The van der Waals surface area contributed by atoms with Gasteiger partial charge in [0.25, 0.3) is 0 Å². The predicted octanol–water partition coefficient (Wildman–Crippen LogP) is 3.89. The molecule has 1 nitrogen and oxygen atoms in total. The van der Waals surface area contributed by atoms with E-state index in [1.807, 2.05) is 6.07 Å². The van der Waals surface area contributed by atoms with E-state index in [-0.39, 0.29) is 0 Å². The molecule has 0 radical (unpaired) electrons. The lowest BCUT2D eigenvalue weighted by atomic mass is 9.98. The van der Waals surface area contributed by atoms with Crippen molar-refractivity contribution in [1.82, 2.24) is 0 Å². The highest BCUT2D eigenvalue weighted by molar-refractivity contribution is 5.83. The number of hydrogen-bond donors (Lipinski definition) is 1. The average Bonchev–Trinajstić information content (AvgIpc) is 2.48. The van der Waals surface area contributed by atoms with Gasteiger partial charge in [-0.3, -0.25) is 0 Å². The Morgan fingerprint density at radius 3 is 2.16 bits per heavy atom. The van der Waals surface area contributed by atoms with Gasteiger partial charge in [0.2, 0.25) is 0 Å². The van der Waals surface area contributed by atoms with E-state index < -0.39 is 0 Å². The molecule has 3 aromatic rings. The first kappa shape index (κ1) is 11.9. The minimum Gasteiger partial charge on any atom is -0.326 e. The third kappa shape index (κ3) is 2.51. The average molecular weight is 247 g/mol. The van der Waals surface area contributed by atoms with E-state index in [9.17, 15) is 0 Å². The van der Waals surface area contributed by atoms with Gasteiger partial charge in [-0.2, -0.15) is 0 Å². The molecule has 3 rings (SSSR count). The summed E-state index contributed by atoms with van der Waals surface area (Å²) in [5.74, 6) is 0. The van der Waals surface area contributed by atoms with Crippen molar-refractivity contribution >= 4 is 10.8 Å². The maximum Gasteiger partial charge on any atom is 0.0180 e. The summed E-state index contributed by atoms with van der Waals surface area (Å²) in [6.45, 7) is 0.601. The van der Waals surface area contributed by atoms with Crippen LogP contribution in [0, 0.1) is 0 Å². The Morgan fingerprint density at radius 2 is 1.37 bits per heavy atom. The zero-order valence-corrected chi connectivity index (χ0v) is 10.8. The van der Waals surface area contributed by atoms with Gasteiger partial charge in [-0.05, 0) is 33.9 Å². The van der Waals surface area contributed by atoms with Crippen molar-refractivity contribution in [3.63, 3.8) is 0 Å². The molecule has 0 atom stereocenters. The molecule has 0 fully saturated rings. The van der Waals surface area contributed by atoms with E-state index in [2.05, 4.69) is 60.7 Å². The number of nitrogens with two attached hydrogens (primary N) is 1. The Kier molecular flexibility index (Phi) is 3.30. The van der Waals surface area contributed by atoms with E-state index in [1.54, 1.807) is 0 Å². The standard InChI is InChI=1S/C18H17N/c19-13-18-8-4-3-7-17(18)12-14-9-10-15-5-1-2-6-16(15)11-14/h1-11H,12-13,19H2. The van der Waals surface area contributed by atoms with Gasteiger partial charge in [-0.15, -0.1) is 0 Å². The molecular weight excluding hydrogens is 230 g/mol. The Morgan fingerprint density at radius 1 is 0.684 bits per heavy atom. The van der Waals surface area contributed by atoms with Gasteiger partial charge in [0.05, 0.1) is 0 Å². The molecule has 2 N–H and O–H groups in total. The van der Waals surface area contributed by atoms with Gasteiger partial charge in [0.1, 0.15) is 0 Å². The normalized spacial score (nSPS) is 10.8. The molecule has 1 heteroatoms. The summed E-state index contributed by atoms with van der Waals surface area (Å²) in [5.41, 5.74) is 9.68. The number of fused-ring (bicyclic) bond motifs is 1.